The molecule has 0 radical (unpaired) electrons. The Hall–Kier alpha value is 0.270. The van der Waals surface area contributed by atoms with Crippen LogP contribution in [-0.4, -0.2) is 35.3 Å². The fraction of sp³-hybridized carbons (Fsp3) is 1.00. The Bertz CT molecular complexity index is 149. The van der Waals surface area contributed by atoms with Gasteiger partial charge in [-0.1, -0.05) is 0 Å². The summed E-state index contributed by atoms with van der Waals surface area (Å²) in [6.07, 6.45) is 3.88. The van der Waals surface area contributed by atoms with Crippen molar-refractivity contribution in [2.75, 3.05) is 18.1 Å². The van der Waals surface area contributed by atoms with E-state index in [1.54, 1.807) is 0 Å². The van der Waals surface area contributed by atoms with Crippen molar-refractivity contribution in [1.82, 2.24) is 5.32 Å². The standard InChI is InChI=1S/C9H17NOS/c11-5-7-3-4-12-6-9(7)10-8-1-2-8/h7-11H,1-6H2. The second-order valence-corrected chi connectivity index (χ2v) is 5.00. The van der Waals surface area contributed by atoms with Crippen LogP contribution in [0.1, 0.15) is 19.3 Å². The van der Waals surface area contributed by atoms with E-state index in [1.165, 1.54) is 30.8 Å². The van der Waals surface area contributed by atoms with Gasteiger partial charge in [-0.15, -0.1) is 0 Å². The van der Waals surface area contributed by atoms with E-state index in [0.29, 0.717) is 18.6 Å². The van der Waals surface area contributed by atoms with Crippen LogP contribution in [0.4, 0.5) is 0 Å². The molecule has 0 spiro atoms. The van der Waals surface area contributed by atoms with Crippen molar-refractivity contribution in [3.05, 3.63) is 0 Å². The largest absolute Gasteiger partial charge is 0.396 e. The Morgan fingerprint density at radius 1 is 1.33 bits per heavy atom. The monoisotopic (exact) mass is 187 g/mol. The molecule has 3 heteroatoms. The molecule has 1 heterocycles. The lowest BCUT2D eigenvalue weighted by Crippen LogP contribution is -2.43. The van der Waals surface area contributed by atoms with Crippen LogP contribution in [0.15, 0.2) is 0 Å². The molecular formula is C9H17NOS. The lowest BCUT2D eigenvalue weighted by molar-refractivity contribution is 0.190. The second kappa shape index (κ2) is 3.99. The first kappa shape index (κ1) is 8.85. The van der Waals surface area contributed by atoms with Crippen molar-refractivity contribution in [2.24, 2.45) is 5.92 Å². The van der Waals surface area contributed by atoms with E-state index in [4.69, 9.17) is 5.11 Å². The zero-order valence-corrected chi connectivity index (χ0v) is 8.15. The lowest BCUT2D eigenvalue weighted by atomic mass is 9.98. The van der Waals surface area contributed by atoms with Crippen molar-refractivity contribution in [2.45, 2.75) is 31.3 Å². The minimum absolute atomic E-state index is 0.366. The highest BCUT2D eigenvalue weighted by atomic mass is 32.2. The topological polar surface area (TPSA) is 32.3 Å². The molecule has 0 aromatic carbocycles. The fourth-order valence-electron chi connectivity index (χ4n) is 1.74. The summed E-state index contributed by atoms with van der Waals surface area (Å²) in [4.78, 5) is 0. The van der Waals surface area contributed by atoms with Gasteiger partial charge in [0.1, 0.15) is 0 Å². The molecule has 1 saturated carbocycles. The minimum Gasteiger partial charge on any atom is -0.396 e. The SMILES string of the molecule is OCC1CCSCC1NC1CC1. The normalized spacial score (nSPS) is 36.8. The third-order valence-corrected chi connectivity index (χ3v) is 3.88. The molecule has 2 N–H and O–H groups in total. The van der Waals surface area contributed by atoms with Gasteiger partial charge in [0.15, 0.2) is 0 Å². The molecule has 0 aromatic rings. The molecular weight excluding hydrogens is 170 g/mol. The van der Waals surface area contributed by atoms with Gasteiger partial charge in [-0.2, -0.15) is 11.8 Å². The van der Waals surface area contributed by atoms with Crippen LogP contribution >= 0.6 is 11.8 Å². The maximum Gasteiger partial charge on any atom is 0.0474 e. The molecule has 1 aliphatic heterocycles. The summed E-state index contributed by atoms with van der Waals surface area (Å²) in [6, 6.07) is 1.36. The number of hydrogen-bond acceptors (Lipinski definition) is 3. The number of hydrogen-bond donors (Lipinski definition) is 2. The molecule has 0 bridgehead atoms. The predicted octanol–water partition coefficient (Wildman–Crippen LogP) is 0.852. The van der Waals surface area contributed by atoms with Gasteiger partial charge in [-0.05, 0) is 30.9 Å². The van der Waals surface area contributed by atoms with Gasteiger partial charge in [0, 0.05) is 24.4 Å². The van der Waals surface area contributed by atoms with Crippen molar-refractivity contribution < 1.29 is 5.11 Å². The average molecular weight is 187 g/mol. The van der Waals surface area contributed by atoms with Gasteiger partial charge in [0.25, 0.3) is 0 Å². The van der Waals surface area contributed by atoms with Crippen LogP contribution in [-0.2, 0) is 0 Å². The number of rotatable bonds is 3. The quantitative estimate of drug-likeness (QED) is 0.687. The maximum atomic E-state index is 9.15. The Morgan fingerprint density at radius 3 is 2.83 bits per heavy atom. The third-order valence-electron chi connectivity index (χ3n) is 2.76. The first-order valence-corrected chi connectivity index (χ1v) is 6.00. The summed E-state index contributed by atoms with van der Waals surface area (Å²) < 4.78 is 0. The average Bonchev–Trinajstić information content (AvgIpc) is 2.89. The molecule has 2 fully saturated rings. The van der Waals surface area contributed by atoms with Crippen molar-refractivity contribution in [3.8, 4) is 0 Å². The fourth-order valence-corrected chi connectivity index (χ4v) is 3.00. The Kier molecular flexibility index (Phi) is 2.94. The zero-order chi connectivity index (χ0) is 8.39. The molecule has 2 unspecified atom stereocenters. The van der Waals surface area contributed by atoms with Gasteiger partial charge in [-0.25, -0.2) is 0 Å². The van der Waals surface area contributed by atoms with Gasteiger partial charge in [-0.3, -0.25) is 0 Å². The van der Waals surface area contributed by atoms with E-state index < -0.39 is 0 Å². The number of aliphatic hydroxyl groups excluding tert-OH is 1. The molecule has 0 aromatic heterocycles. The smallest absolute Gasteiger partial charge is 0.0474 e. The first-order valence-electron chi connectivity index (χ1n) is 4.85. The lowest BCUT2D eigenvalue weighted by Gasteiger charge is -2.30. The minimum atomic E-state index is 0.366. The maximum absolute atomic E-state index is 9.15. The second-order valence-electron chi connectivity index (χ2n) is 3.85. The van der Waals surface area contributed by atoms with Gasteiger partial charge >= 0.3 is 0 Å². The summed E-state index contributed by atoms with van der Waals surface area (Å²) in [6.45, 7) is 0.366. The highest BCUT2D eigenvalue weighted by Crippen LogP contribution is 2.27. The van der Waals surface area contributed by atoms with E-state index in [1.807, 2.05) is 11.8 Å². The van der Waals surface area contributed by atoms with Crippen LogP contribution in [0, 0.1) is 5.92 Å². The van der Waals surface area contributed by atoms with Crippen LogP contribution in [0.25, 0.3) is 0 Å². The Labute approximate surface area is 78.1 Å². The number of thioether (sulfide) groups is 1. The summed E-state index contributed by atoms with van der Waals surface area (Å²) in [5.41, 5.74) is 0. The van der Waals surface area contributed by atoms with E-state index in [9.17, 15) is 0 Å². The number of nitrogens with one attached hydrogen (secondary N) is 1. The highest BCUT2D eigenvalue weighted by molar-refractivity contribution is 7.99. The molecule has 12 heavy (non-hydrogen) atoms. The summed E-state index contributed by atoms with van der Waals surface area (Å²) >= 11 is 2.02. The molecule has 2 rings (SSSR count). The summed E-state index contributed by atoms with van der Waals surface area (Å²) in [7, 11) is 0. The molecule has 70 valence electrons. The van der Waals surface area contributed by atoms with Crippen LogP contribution in [0.5, 0.6) is 0 Å². The zero-order valence-electron chi connectivity index (χ0n) is 7.33. The predicted molar refractivity (Wildman–Crippen MR) is 52.5 cm³/mol. The summed E-state index contributed by atoms with van der Waals surface area (Å²) in [5, 5.41) is 12.8. The van der Waals surface area contributed by atoms with Crippen LogP contribution < -0.4 is 5.32 Å². The molecule has 0 amide bonds. The van der Waals surface area contributed by atoms with E-state index in [2.05, 4.69) is 5.32 Å². The Balaban J connectivity index is 1.81. The van der Waals surface area contributed by atoms with E-state index in [-0.39, 0.29) is 0 Å². The highest BCUT2D eigenvalue weighted by Gasteiger charge is 2.30. The van der Waals surface area contributed by atoms with Crippen molar-refractivity contribution >= 4 is 11.8 Å². The van der Waals surface area contributed by atoms with Crippen LogP contribution in [0.2, 0.25) is 0 Å². The van der Waals surface area contributed by atoms with Gasteiger partial charge in [0.2, 0.25) is 0 Å². The number of aliphatic hydroxyl groups is 1. The molecule has 1 aliphatic carbocycles. The van der Waals surface area contributed by atoms with Gasteiger partial charge in [0.05, 0.1) is 0 Å². The summed E-state index contributed by atoms with van der Waals surface area (Å²) in [5.74, 6) is 2.95. The van der Waals surface area contributed by atoms with Gasteiger partial charge < -0.3 is 10.4 Å². The third kappa shape index (κ3) is 2.15. The molecule has 1 saturated heterocycles. The van der Waals surface area contributed by atoms with E-state index >= 15 is 0 Å². The molecule has 2 atom stereocenters. The molecule has 2 aliphatic rings. The van der Waals surface area contributed by atoms with Crippen molar-refractivity contribution in [3.63, 3.8) is 0 Å². The molecule has 2 nitrogen and oxygen atoms in total. The van der Waals surface area contributed by atoms with Crippen LogP contribution in [0.3, 0.4) is 0 Å². The first-order chi connectivity index (χ1) is 5.90. The van der Waals surface area contributed by atoms with E-state index in [0.717, 1.165) is 6.04 Å². The van der Waals surface area contributed by atoms with Crippen molar-refractivity contribution in [1.29, 1.82) is 0 Å². The Morgan fingerprint density at radius 2 is 2.17 bits per heavy atom.